The molecule has 1 aromatic heterocycles. The maximum Gasteiger partial charge on any atom is 0.219 e. The molecule has 0 spiro atoms. The minimum absolute atomic E-state index is 0.189. The van der Waals surface area contributed by atoms with Crippen molar-refractivity contribution in [3.63, 3.8) is 0 Å². The molecule has 1 aliphatic heterocycles. The van der Waals surface area contributed by atoms with Gasteiger partial charge in [-0.15, -0.1) is 0 Å². The predicted molar refractivity (Wildman–Crippen MR) is 92.2 cm³/mol. The monoisotopic (exact) mass is 314 g/mol. The largest absolute Gasteiger partial charge is 0.460 e. The zero-order chi connectivity index (χ0) is 16.4. The van der Waals surface area contributed by atoms with Crippen molar-refractivity contribution < 1.29 is 9.21 Å². The van der Waals surface area contributed by atoms with E-state index in [2.05, 4.69) is 37.4 Å². The molecule has 2 atom stereocenters. The average molecular weight is 314 g/mol. The quantitative estimate of drug-likeness (QED) is 0.940. The number of benzene rings is 1. The van der Waals surface area contributed by atoms with Crippen LogP contribution in [0.4, 0.5) is 0 Å². The van der Waals surface area contributed by atoms with Crippen molar-refractivity contribution >= 4 is 16.9 Å². The fourth-order valence-electron chi connectivity index (χ4n) is 3.54. The zero-order valence-electron chi connectivity index (χ0n) is 14.3. The van der Waals surface area contributed by atoms with Gasteiger partial charge < -0.3 is 14.6 Å². The van der Waals surface area contributed by atoms with E-state index in [0.717, 1.165) is 43.8 Å². The van der Waals surface area contributed by atoms with E-state index in [1.807, 2.05) is 11.0 Å². The standard InChI is InChI=1S/C19H26N2O2/c1-4-15-12-21(14(3)22)8-7-18(15)20-11-17-10-16-9-13(2)5-6-19(16)23-17/h5-6,9-10,15,18,20H,4,7-8,11-12H2,1-3H3/t15-,18-/m1/s1. The Labute approximate surface area is 137 Å². The van der Waals surface area contributed by atoms with Gasteiger partial charge >= 0.3 is 0 Å². The van der Waals surface area contributed by atoms with E-state index in [1.54, 1.807) is 6.92 Å². The van der Waals surface area contributed by atoms with Crippen LogP contribution < -0.4 is 5.32 Å². The molecule has 0 aliphatic carbocycles. The normalized spacial score (nSPS) is 21.8. The lowest BCUT2D eigenvalue weighted by atomic mass is 9.90. The summed E-state index contributed by atoms with van der Waals surface area (Å²) < 4.78 is 5.92. The Morgan fingerprint density at radius 3 is 2.96 bits per heavy atom. The van der Waals surface area contributed by atoms with E-state index in [4.69, 9.17) is 4.42 Å². The van der Waals surface area contributed by atoms with Gasteiger partial charge in [0, 0.05) is 31.4 Å². The highest BCUT2D eigenvalue weighted by Gasteiger charge is 2.28. The number of nitrogens with zero attached hydrogens (tertiary/aromatic N) is 1. The summed E-state index contributed by atoms with van der Waals surface area (Å²) in [6, 6.07) is 8.84. The lowest BCUT2D eigenvalue weighted by Crippen LogP contribution is -2.50. The van der Waals surface area contributed by atoms with Gasteiger partial charge in [-0.25, -0.2) is 0 Å². The van der Waals surface area contributed by atoms with Gasteiger partial charge in [0.1, 0.15) is 11.3 Å². The van der Waals surface area contributed by atoms with Gasteiger partial charge in [0.05, 0.1) is 6.54 Å². The average Bonchev–Trinajstić information content (AvgIpc) is 2.94. The fourth-order valence-corrected chi connectivity index (χ4v) is 3.54. The molecule has 0 unspecified atom stereocenters. The van der Waals surface area contributed by atoms with Crippen molar-refractivity contribution in [3.8, 4) is 0 Å². The number of nitrogens with one attached hydrogen (secondary N) is 1. The SMILES string of the molecule is CC[C@@H]1CN(C(C)=O)CC[C@H]1NCc1cc2cc(C)ccc2o1. The predicted octanol–water partition coefficient (Wildman–Crippen LogP) is 3.48. The lowest BCUT2D eigenvalue weighted by Gasteiger charge is -2.38. The summed E-state index contributed by atoms with van der Waals surface area (Å²) in [5, 5.41) is 4.81. The maximum atomic E-state index is 11.6. The van der Waals surface area contributed by atoms with Crippen LogP contribution >= 0.6 is 0 Å². The minimum Gasteiger partial charge on any atom is -0.460 e. The van der Waals surface area contributed by atoms with Gasteiger partial charge in [0.25, 0.3) is 0 Å². The molecule has 3 rings (SSSR count). The molecule has 1 fully saturated rings. The van der Waals surface area contributed by atoms with E-state index in [-0.39, 0.29) is 5.91 Å². The molecule has 2 heterocycles. The third kappa shape index (κ3) is 3.58. The van der Waals surface area contributed by atoms with Crippen molar-refractivity contribution in [2.24, 2.45) is 5.92 Å². The molecule has 1 aliphatic rings. The van der Waals surface area contributed by atoms with Gasteiger partial charge in [0.15, 0.2) is 0 Å². The molecule has 0 bridgehead atoms. The molecule has 4 heteroatoms. The number of piperidine rings is 1. The van der Waals surface area contributed by atoms with Gasteiger partial charge in [-0.1, -0.05) is 25.0 Å². The van der Waals surface area contributed by atoms with Crippen LogP contribution in [0.3, 0.4) is 0 Å². The Kier molecular flexibility index (Phi) is 4.71. The Bertz CT molecular complexity index is 692. The summed E-state index contributed by atoms with van der Waals surface area (Å²) in [6.07, 6.45) is 2.10. The van der Waals surface area contributed by atoms with E-state index in [9.17, 15) is 4.79 Å². The summed E-state index contributed by atoms with van der Waals surface area (Å²) in [7, 11) is 0. The Morgan fingerprint density at radius 1 is 1.39 bits per heavy atom. The highest BCUT2D eigenvalue weighted by atomic mass is 16.3. The van der Waals surface area contributed by atoms with Crippen LogP contribution in [-0.4, -0.2) is 29.9 Å². The van der Waals surface area contributed by atoms with Crippen molar-refractivity contribution in [1.29, 1.82) is 0 Å². The van der Waals surface area contributed by atoms with Gasteiger partial charge in [0.2, 0.25) is 5.91 Å². The van der Waals surface area contributed by atoms with Crippen LogP contribution in [0.25, 0.3) is 11.0 Å². The first-order valence-corrected chi connectivity index (χ1v) is 8.54. The first-order chi connectivity index (χ1) is 11.1. The van der Waals surface area contributed by atoms with Crippen LogP contribution in [0.5, 0.6) is 0 Å². The zero-order valence-corrected chi connectivity index (χ0v) is 14.3. The molecule has 1 saturated heterocycles. The van der Waals surface area contributed by atoms with E-state index < -0.39 is 0 Å². The number of carbonyl (C=O) groups excluding carboxylic acids is 1. The Hall–Kier alpha value is -1.81. The third-order valence-corrected chi connectivity index (χ3v) is 4.96. The van der Waals surface area contributed by atoms with Crippen LogP contribution in [0.15, 0.2) is 28.7 Å². The summed E-state index contributed by atoms with van der Waals surface area (Å²) in [5.74, 6) is 1.68. The van der Waals surface area contributed by atoms with Crippen LogP contribution in [0, 0.1) is 12.8 Å². The first kappa shape index (κ1) is 16.1. The minimum atomic E-state index is 0.189. The van der Waals surface area contributed by atoms with Crippen molar-refractivity contribution in [2.45, 2.75) is 46.2 Å². The number of hydrogen-bond donors (Lipinski definition) is 1. The molecule has 23 heavy (non-hydrogen) atoms. The van der Waals surface area contributed by atoms with Crippen molar-refractivity contribution in [2.75, 3.05) is 13.1 Å². The second-order valence-electron chi connectivity index (χ2n) is 6.66. The molecule has 1 aromatic carbocycles. The van der Waals surface area contributed by atoms with Crippen LogP contribution in [0.2, 0.25) is 0 Å². The van der Waals surface area contributed by atoms with Crippen LogP contribution in [-0.2, 0) is 11.3 Å². The molecular weight excluding hydrogens is 288 g/mol. The molecule has 1 N–H and O–H groups in total. The highest BCUT2D eigenvalue weighted by molar-refractivity contribution is 5.78. The molecule has 0 saturated carbocycles. The first-order valence-electron chi connectivity index (χ1n) is 8.54. The van der Waals surface area contributed by atoms with Gasteiger partial charge in [-0.05, 0) is 37.5 Å². The molecule has 124 valence electrons. The van der Waals surface area contributed by atoms with E-state index in [1.165, 1.54) is 10.9 Å². The summed E-state index contributed by atoms with van der Waals surface area (Å²) in [6.45, 7) is 8.42. The van der Waals surface area contributed by atoms with E-state index in [0.29, 0.717) is 12.0 Å². The molecular formula is C19H26N2O2. The number of hydrogen-bond acceptors (Lipinski definition) is 3. The maximum absolute atomic E-state index is 11.6. The number of likely N-dealkylation sites (tertiary alicyclic amines) is 1. The fraction of sp³-hybridized carbons (Fsp3) is 0.526. The second-order valence-corrected chi connectivity index (χ2v) is 6.66. The highest BCUT2D eigenvalue weighted by Crippen LogP contribution is 2.23. The molecule has 4 nitrogen and oxygen atoms in total. The molecule has 1 amide bonds. The number of carbonyl (C=O) groups is 1. The molecule has 0 radical (unpaired) electrons. The Morgan fingerprint density at radius 2 is 2.22 bits per heavy atom. The summed E-state index contributed by atoms with van der Waals surface area (Å²) >= 11 is 0. The van der Waals surface area contributed by atoms with Gasteiger partial charge in [-0.2, -0.15) is 0 Å². The van der Waals surface area contributed by atoms with Crippen molar-refractivity contribution in [3.05, 3.63) is 35.6 Å². The number of aryl methyl sites for hydroxylation is 1. The topological polar surface area (TPSA) is 45.5 Å². The van der Waals surface area contributed by atoms with Crippen molar-refractivity contribution in [1.82, 2.24) is 10.2 Å². The smallest absolute Gasteiger partial charge is 0.219 e. The molecule has 2 aromatic rings. The summed E-state index contributed by atoms with van der Waals surface area (Å²) in [5.41, 5.74) is 2.20. The lowest BCUT2D eigenvalue weighted by molar-refractivity contribution is -0.131. The third-order valence-electron chi connectivity index (χ3n) is 4.96. The second kappa shape index (κ2) is 6.75. The van der Waals surface area contributed by atoms with Gasteiger partial charge in [-0.3, -0.25) is 4.79 Å². The van der Waals surface area contributed by atoms with Crippen LogP contribution in [0.1, 0.15) is 38.0 Å². The summed E-state index contributed by atoms with van der Waals surface area (Å²) in [4.78, 5) is 13.5. The number of amides is 1. The number of furan rings is 1. The number of fused-ring (bicyclic) bond motifs is 1. The van der Waals surface area contributed by atoms with E-state index >= 15 is 0 Å². The Balaban J connectivity index is 1.63. The number of rotatable bonds is 4.